The van der Waals surface area contributed by atoms with E-state index in [1.165, 1.54) is 0 Å². The van der Waals surface area contributed by atoms with Crippen molar-refractivity contribution in [2.75, 3.05) is 0 Å². The molecule has 0 aliphatic carbocycles. The number of halogens is 6. The number of carboxylic acid groups (broad SMARTS) is 2. The van der Waals surface area contributed by atoms with Crippen molar-refractivity contribution in [1.29, 1.82) is 0 Å². The summed E-state index contributed by atoms with van der Waals surface area (Å²) in [6.45, 7) is 1.85. The van der Waals surface area contributed by atoms with Crippen LogP contribution in [0.2, 0.25) is 0 Å². The summed E-state index contributed by atoms with van der Waals surface area (Å²) in [5, 5.41) is 13.9. The van der Waals surface area contributed by atoms with Crippen LogP contribution in [-0.4, -0.2) is 28.7 Å². The second-order valence-electron chi connectivity index (χ2n) is 1.76. The molecule has 0 unspecified atom stereocenters. The minimum atomic E-state index is -5.38. The third kappa shape index (κ3) is 8.68. The molecular formula is C5H4F6O3. The third-order valence-electron chi connectivity index (χ3n) is 0.684. The van der Waals surface area contributed by atoms with Crippen LogP contribution < -0.4 is 0 Å². The zero-order chi connectivity index (χ0) is 12.2. The molecule has 0 rings (SSSR count). The Hall–Kier alpha value is -1.41. The van der Waals surface area contributed by atoms with Crippen LogP contribution in [0.5, 0.6) is 0 Å². The van der Waals surface area contributed by atoms with Gasteiger partial charge in [0.25, 0.3) is 0 Å². The van der Waals surface area contributed by atoms with Crippen molar-refractivity contribution >= 4 is 6.16 Å². The first-order valence-electron chi connectivity index (χ1n) is 2.64. The summed E-state index contributed by atoms with van der Waals surface area (Å²) < 4.78 is 66.8. The van der Waals surface area contributed by atoms with Gasteiger partial charge in [-0.3, -0.25) is 0 Å². The summed E-state index contributed by atoms with van der Waals surface area (Å²) in [4.78, 5) is 8.56. The Morgan fingerprint density at radius 2 is 1.07 bits per heavy atom. The van der Waals surface area contributed by atoms with Crippen LogP contribution in [0.1, 0.15) is 0 Å². The maximum Gasteiger partial charge on any atom is 0.503 e. The lowest BCUT2D eigenvalue weighted by Gasteiger charge is -2.12. The molecule has 0 bridgehead atoms. The SMILES string of the molecule is C=C(C(F)(F)F)C(F)(F)F.O=C(O)O. The second-order valence-corrected chi connectivity index (χ2v) is 1.76. The van der Waals surface area contributed by atoms with Gasteiger partial charge in [0.2, 0.25) is 0 Å². The number of hydrogen-bond donors (Lipinski definition) is 2. The first kappa shape index (κ1) is 15.1. The zero-order valence-corrected chi connectivity index (χ0v) is 6.28. The van der Waals surface area contributed by atoms with Gasteiger partial charge in [0.15, 0.2) is 0 Å². The molecule has 0 aromatic heterocycles. The van der Waals surface area contributed by atoms with Gasteiger partial charge in [0.1, 0.15) is 5.57 Å². The average molecular weight is 226 g/mol. The second kappa shape index (κ2) is 4.72. The van der Waals surface area contributed by atoms with Gasteiger partial charge < -0.3 is 10.2 Å². The minimum absolute atomic E-state index is 1.83. The maximum atomic E-state index is 11.1. The van der Waals surface area contributed by atoms with E-state index in [9.17, 15) is 26.3 Å². The van der Waals surface area contributed by atoms with E-state index < -0.39 is 24.1 Å². The van der Waals surface area contributed by atoms with Crippen molar-refractivity contribution in [3.8, 4) is 0 Å². The van der Waals surface area contributed by atoms with Crippen LogP contribution in [-0.2, 0) is 0 Å². The van der Waals surface area contributed by atoms with Crippen LogP contribution in [0.25, 0.3) is 0 Å². The highest BCUT2D eigenvalue weighted by Crippen LogP contribution is 2.36. The maximum absolute atomic E-state index is 11.1. The Bertz CT molecular complexity index is 194. The number of carbonyl (C=O) groups is 1. The molecule has 3 nitrogen and oxygen atoms in total. The molecule has 0 radical (unpaired) electrons. The smallest absolute Gasteiger partial charge is 0.450 e. The molecule has 0 fully saturated rings. The summed E-state index contributed by atoms with van der Waals surface area (Å²) in [6, 6.07) is 0. The van der Waals surface area contributed by atoms with E-state index in [0.717, 1.165) is 0 Å². The molecule has 0 aromatic carbocycles. The van der Waals surface area contributed by atoms with E-state index in [1.807, 2.05) is 6.58 Å². The Morgan fingerprint density at radius 3 is 1.07 bits per heavy atom. The quantitative estimate of drug-likeness (QED) is 0.493. The number of rotatable bonds is 0. The Labute approximate surface area is 73.3 Å². The fourth-order valence-corrected chi connectivity index (χ4v) is 0.161. The molecule has 0 saturated heterocycles. The Kier molecular flexibility index (Phi) is 5.09. The van der Waals surface area contributed by atoms with Crippen LogP contribution in [0.4, 0.5) is 31.1 Å². The third-order valence-corrected chi connectivity index (χ3v) is 0.684. The van der Waals surface area contributed by atoms with Gasteiger partial charge >= 0.3 is 18.5 Å². The largest absolute Gasteiger partial charge is 0.503 e. The molecule has 84 valence electrons. The lowest BCUT2D eigenvalue weighted by atomic mass is 10.3. The highest BCUT2D eigenvalue weighted by molar-refractivity contribution is 5.53. The minimum Gasteiger partial charge on any atom is -0.450 e. The van der Waals surface area contributed by atoms with E-state index in [2.05, 4.69) is 0 Å². The summed E-state index contributed by atoms with van der Waals surface area (Å²) in [7, 11) is 0. The summed E-state index contributed by atoms with van der Waals surface area (Å²) >= 11 is 0. The molecule has 14 heavy (non-hydrogen) atoms. The van der Waals surface area contributed by atoms with Gasteiger partial charge in [-0.15, -0.1) is 0 Å². The number of hydrogen-bond acceptors (Lipinski definition) is 1. The van der Waals surface area contributed by atoms with Crippen LogP contribution in [0.3, 0.4) is 0 Å². The van der Waals surface area contributed by atoms with E-state index >= 15 is 0 Å². The van der Waals surface area contributed by atoms with E-state index in [4.69, 9.17) is 15.0 Å². The van der Waals surface area contributed by atoms with Crippen LogP contribution in [0, 0.1) is 0 Å². The van der Waals surface area contributed by atoms with Gasteiger partial charge in [0.05, 0.1) is 0 Å². The van der Waals surface area contributed by atoms with Gasteiger partial charge in [-0.1, -0.05) is 6.58 Å². The lowest BCUT2D eigenvalue weighted by molar-refractivity contribution is -0.171. The monoisotopic (exact) mass is 226 g/mol. The van der Waals surface area contributed by atoms with Crippen molar-refractivity contribution in [1.82, 2.24) is 0 Å². The fourth-order valence-electron chi connectivity index (χ4n) is 0.161. The van der Waals surface area contributed by atoms with Gasteiger partial charge in [-0.2, -0.15) is 26.3 Å². The van der Waals surface area contributed by atoms with E-state index in [0.29, 0.717) is 0 Å². The molecule has 0 spiro atoms. The fraction of sp³-hybridized carbons (Fsp3) is 0.400. The average Bonchev–Trinajstić information content (AvgIpc) is 1.80. The number of allylic oxidation sites excluding steroid dienone is 1. The van der Waals surface area contributed by atoms with Crippen LogP contribution in [0.15, 0.2) is 12.2 Å². The molecule has 0 heterocycles. The van der Waals surface area contributed by atoms with Crippen molar-refractivity contribution in [2.45, 2.75) is 12.4 Å². The van der Waals surface area contributed by atoms with Gasteiger partial charge in [-0.25, -0.2) is 4.79 Å². The molecular weight excluding hydrogens is 222 g/mol. The molecule has 0 amide bonds. The molecule has 0 aliphatic rings. The molecule has 9 heteroatoms. The molecule has 0 aliphatic heterocycles. The molecule has 0 atom stereocenters. The van der Waals surface area contributed by atoms with Crippen LogP contribution >= 0.6 is 0 Å². The van der Waals surface area contributed by atoms with Crippen molar-refractivity contribution < 1.29 is 41.4 Å². The highest BCUT2D eigenvalue weighted by Gasteiger charge is 2.49. The topological polar surface area (TPSA) is 57.5 Å². The molecule has 2 N–H and O–H groups in total. The van der Waals surface area contributed by atoms with E-state index in [-0.39, 0.29) is 0 Å². The number of alkyl halides is 6. The first-order chi connectivity index (χ1) is 5.89. The van der Waals surface area contributed by atoms with E-state index in [1.54, 1.807) is 0 Å². The van der Waals surface area contributed by atoms with Gasteiger partial charge in [0, 0.05) is 0 Å². The molecule has 0 aromatic rings. The normalized spacial score (nSPS) is 11.3. The van der Waals surface area contributed by atoms with Crippen molar-refractivity contribution in [3.05, 3.63) is 12.2 Å². The Balaban J connectivity index is 0. The first-order valence-corrected chi connectivity index (χ1v) is 2.64. The zero-order valence-electron chi connectivity index (χ0n) is 6.28. The predicted octanol–water partition coefficient (Wildman–Crippen LogP) is 2.89. The predicted molar refractivity (Wildman–Crippen MR) is 31.9 cm³/mol. The standard InChI is InChI=1S/C4H2F6.CH2O3/c1-2(3(5,6)7)4(8,9)10;2-1(3)4/h1H2;(H2,2,3,4). The summed E-state index contributed by atoms with van der Waals surface area (Å²) in [6.07, 6.45) is -12.6. The summed E-state index contributed by atoms with van der Waals surface area (Å²) in [5.74, 6) is 0. The lowest BCUT2D eigenvalue weighted by Crippen LogP contribution is -2.24. The summed E-state index contributed by atoms with van der Waals surface area (Å²) in [5.41, 5.74) is -2.68. The molecule has 0 saturated carbocycles. The van der Waals surface area contributed by atoms with Crippen molar-refractivity contribution in [3.63, 3.8) is 0 Å². The highest BCUT2D eigenvalue weighted by atomic mass is 19.4. The van der Waals surface area contributed by atoms with Crippen molar-refractivity contribution in [2.24, 2.45) is 0 Å². The van der Waals surface area contributed by atoms with Gasteiger partial charge in [-0.05, 0) is 0 Å². The Morgan fingerprint density at radius 1 is 0.929 bits per heavy atom.